The smallest absolute Gasteiger partial charge is 0.253 e. The van der Waals surface area contributed by atoms with E-state index in [9.17, 15) is 4.79 Å². The molecule has 1 fully saturated rings. The Balaban J connectivity index is 1.09. The van der Waals surface area contributed by atoms with Gasteiger partial charge in [0.2, 0.25) is 4.96 Å². The van der Waals surface area contributed by atoms with Gasteiger partial charge < -0.3 is 14.4 Å². The predicted molar refractivity (Wildman–Crippen MR) is 158 cm³/mol. The molecule has 9 nitrogen and oxygen atoms in total. The van der Waals surface area contributed by atoms with Gasteiger partial charge in [-0.1, -0.05) is 30.4 Å². The van der Waals surface area contributed by atoms with Gasteiger partial charge in [-0.2, -0.15) is 5.10 Å². The zero-order valence-corrected chi connectivity index (χ0v) is 24.4. The third-order valence-electron chi connectivity index (χ3n) is 6.69. The average molecular weight is 589 g/mol. The largest absolute Gasteiger partial charge is 0.497 e. The number of amides is 1. The van der Waals surface area contributed by atoms with E-state index >= 15 is 0 Å². The van der Waals surface area contributed by atoms with Gasteiger partial charge in [0, 0.05) is 41.7 Å². The minimum Gasteiger partial charge on any atom is -0.497 e. The van der Waals surface area contributed by atoms with Crippen LogP contribution in [0.4, 0.5) is 0 Å². The molecule has 1 aliphatic rings. The Hall–Kier alpha value is -3.87. The summed E-state index contributed by atoms with van der Waals surface area (Å²) in [6.45, 7) is 6.09. The minimum atomic E-state index is 0.0909. The summed E-state index contributed by atoms with van der Waals surface area (Å²) in [5, 5.41) is 9.10. The summed E-state index contributed by atoms with van der Waals surface area (Å²) in [5.41, 5.74) is 4.08. The first-order valence-corrected chi connectivity index (χ1v) is 15.2. The van der Waals surface area contributed by atoms with Crippen LogP contribution >= 0.6 is 34.0 Å². The molecular weight excluding hydrogens is 565 g/mol. The molecular formula is C28H24N6O3S3. The summed E-state index contributed by atoms with van der Waals surface area (Å²) >= 11 is 4.63. The number of rotatable bonds is 7. The third kappa shape index (κ3) is 4.61. The van der Waals surface area contributed by atoms with E-state index in [0.29, 0.717) is 29.6 Å². The van der Waals surface area contributed by atoms with Crippen LogP contribution in [0.15, 0.2) is 48.0 Å². The lowest BCUT2D eigenvalue weighted by molar-refractivity contribution is 0.0530. The fourth-order valence-corrected chi connectivity index (χ4v) is 7.18. The third-order valence-corrected chi connectivity index (χ3v) is 9.57. The van der Waals surface area contributed by atoms with Crippen molar-refractivity contribution in [2.75, 3.05) is 20.2 Å². The maximum absolute atomic E-state index is 12.6. The monoisotopic (exact) mass is 588 g/mol. The highest BCUT2D eigenvalue weighted by Gasteiger charge is 2.27. The molecule has 0 bridgehead atoms. The van der Waals surface area contributed by atoms with Crippen molar-refractivity contribution in [3.8, 4) is 32.8 Å². The van der Waals surface area contributed by atoms with E-state index in [1.54, 1.807) is 34.3 Å². The van der Waals surface area contributed by atoms with E-state index in [2.05, 4.69) is 12.0 Å². The van der Waals surface area contributed by atoms with Crippen LogP contribution in [-0.4, -0.2) is 55.6 Å². The quantitative estimate of drug-likeness (QED) is 0.220. The van der Waals surface area contributed by atoms with Crippen molar-refractivity contribution in [3.63, 3.8) is 0 Å². The number of hydrogen-bond donors (Lipinski definition) is 0. The Bertz CT molecular complexity index is 1830. The van der Waals surface area contributed by atoms with Crippen molar-refractivity contribution in [1.29, 1.82) is 0 Å². The molecule has 0 radical (unpaired) electrons. The number of thiazole rings is 2. The zero-order chi connectivity index (χ0) is 27.4. The molecule has 0 saturated carbocycles. The SMILES string of the molecule is COc1cc(OCc2csc(-c3ccc(C(=O)N4CC(C)C4)cc3)n2)c2sc(-c3cn4nc(C)sc4n3)nc2c1. The highest BCUT2D eigenvalue weighted by Crippen LogP contribution is 2.39. The molecule has 1 amide bonds. The molecule has 0 unspecified atom stereocenters. The molecule has 40 heavy (non-hydrogen) atoms. The number of likely N-dealkylation sites (tertiary alicyclic amines) is 1. The van der Waals surface area contributed by atoms with E-state index in [4.69, 9.17) is 24.4 Å². The summed E-state index contributed by atoms with van der Waals surface area (Å²) in [6, 6.07) is 11.5. The summed E-state index contributed by atoms with van der Waals surface area (Å²) < 4.78 is 14.5. The zero-order valence-electron chi connectivity index (χ0n) is 22.0. The van der Waals surface area contributed by atoms with Crippen molar-refractivity contribution in [2.45, 2.75) is 20.5 Å². The number of ether oxygens (including phenoxy) is 2. The van der Waals surface area contributed by atoms with Crippen molar-refractivity contribution in [3.05, 3.63) is 64.2 Å². The number of aromatic nitrogens is 5. The van der Waals surface area contributed by atoms with Crippen LogP contribution in [0.2, 0.25) is 0 Å². The minimum absolute atomic E-state index is 0.0909. The van der Waals surface area contributed by atoms with E-state index in [-0.39, 0.29) is 5.91 Å². The standard InChI is InChI=1S/C28H24N6O3S3/c1-15-10-33(11-15)27(35)18-6-4-17(5-7-18)25-29-19(14-38-25)13-37-23-9-20(36-3)8-21-24(23)40-26(30-21)22-12-34-28(31-22)39-16(2)32-34/h4-9,12,14-15H,10-11,13H2,1-3H3. The van der Waals surface area contributed by atoms with E-state index in [0.717, 1.165) is 60.2 Å². The molecule has 5 heterocycles. The Morgan fingerprint density at radius 2 is 1.90 bits per heavy atom. The van der Waals surface area contributed by atoms with Gasteiger partial charge >= 0.3 is 0 Å². The van der Waals surface area contributed by atoms with Gasteiger partial charge in [-0.25, -0.2) is 19.5 Å². The van der Waals surface area contributed by atoms with Crippen LogP contribution in [0.3, 0.4) is 0 Å². The summed E-state index contributed by atoms with van der Waals surface area (Å²) in [7, 11) is 1.63. The number of aryl methyl sites for hydroxylation is 1. The fraction of sp³-hybridized carbons (Fsp3) is 0.250. The molecule has 202 valence electrons. The van der Waals surface area contributed by atoms with Crippen molar-refractivity contribution < 1.29 is 14.3 Å². The number of nitrogens with zero attached hydrogens (tertiary/aromatic N) is 6. The lowest BCUT2D eigenvalue weighted by atomic mass is 10.0. The van der Waals surface area contributed by atoms with Crippen LogP contribution in [0.5, 0.6) is 11.5 Å². The van der Waals surface area contributed by atoms with Gasteiger partial charge in [-0.15, -0.1) is 22.7 Å². The number of methoxy groups -OCH3 is 1. The second-order valence-corrected chi connectivity index (χ2v) is 12.8. The van der Waals surface area contributed by atoms with Crippen molar-refractivity contribution in [2.24, 2.45) is 5.92 Å². The number of hydrogen-bond acceptors (Lipinski definition) is 10. The van der Waals surface area contributed by atoms with Gasteiger partial charge in [0.1, 0.15) is 38.8 Å². The summed E-state index contributed by atoms with van der Waals surface area (Å²) in [6.07, 6.45) is 1.90. The highest BCUT2D eigenvalue weighted by molar-refractivity contribution is 7.22. The number of imidazole rings is 1. The predicted octanol–water partition coefficient (Wildman–Crippen LogP) is 6.18. The number of carbonyl (C=O) groups is 1. The molecule has 6 aromatic rings. The van der Waals surface area contributed by atoms with E-state index in [1.807, 2.05) is 59.8 Å². The van der Waals surface area contributed by atoms with Crippen LogP contribution in [-0.2, 0) is 6.61 Å². The van der Waals surface area contributed by atoms with Gasteiger partial charge in [-0.05, 0) is 25.0 Å². The first-order chi connectivity index (χ1) is 19.4. The van der Waals surface area contributed by atoms with E-state index < -0.39 is 0 Å². The van der Waals surface area contributed by atoms with Crippen LogP contribution in [0.1, 0.15) is 28.0 Å². The Kier molecular flexibility index (Phi) is 6.25. The first-order valence-electron chi connectivity index (χ1n) is 12.7. The molecule has 12 heteroatoms. The highest BCUT2D eigenvalue weighted by atomic mass is 32.1. The van der Waals surface area contributed by atoms with Crippen LogP contribution < -0.4 is 9.47 Å². The maximum atomic E-state index is 12.6. The van der Waals surface area contributed by atoms with E-state index in [1.165, 1.54) is 11.3 Å². The maximum Gasteiger partial charge on any atom is 0.253 e. The van der Waals surface area contributed by atoms with Gasteiger partial charge in [0.05, 0.1) is 29.2 Å². The molecule has 1 aliphatic heterocycles. The number of benzene rings is 2. The van der Waals surface area contributed by atoms with Gasteiger partial charge in [-0.3, -0.25) is 4.79 Å². The second-order valence-electron chi connectivity index (χ2n) is 9.79. The Morgan fingerprint density at radius 3 is 2.65 bits per heavy atom. The van der Waals surface area contributed by atoms with Gasteiger partial charge in [0.25, 0.3) is 5.91 Å². The lowest BCUT2D eigenvalue weighted by Crippen LogP contribution is -2.48. The molecule has 7 rings (SSSR count). The van der Waals surface area contributed by atoms with Crippen LogP contribution in [0, 0.1) is 12.8 Å². The molecule has 0 N–H and O–H groups in total. The summed E-state index contributed by atoms with van der Waals surface area (Å²) in [4.78, 5) is 29.6. The topological polar surface area (TPSA) is 94.7 Å². The Labute approximate surface area is 241 Å². The molecule has 0 spiro atoms. The molecule has 2 aromatic carbocycles. The molecule has 0 aliphatic carbocycles. The number of carbonyl (C=O) groups excluding carboxylic acids is 1. The normalized spacial score (nSPS) is 13.7. The molecule has 1 saturated heterocycles. The Morgan fingerprint density at radius 1 is 1.07 bits per heavy atom. The summed E-state index contributed by atoms with van der Waals surface area (Å²) in [5.74, 6) is 2.03. The second kappa shape index (κ2) is 9.95. The molecule has 4 aromatic heterocycles. The average Bonchev–Trinajstić information content (AvgIpc) is 3.72. The molecule has 0 atom stereocenters. The first kappa shape index (κ1) is 25.1. The van der Waals surface area contributed by atoms with Crippen molar-refractivity contribution in [1.82, 2.24) is 29.5 Å². The fourth-order valence-electron chi connectivity index (χ4n) is 4.68. The van der Waals surface area contributed by atoms with Crippen molar-refractivity contribution >= 4 is 55.1 Å². The lowest BCUT2D eigenvalue weighted by Gasteiger charge is -2.37. The van der Waals surface area contributed by atoms with Gasteiger partial charge in [0.15, 0.2) is 0 Å². The van der Waals surface area contributed by atoms with Crippen LogP contribution in [0.25, 0.3) is 36.5 Å². The number of fused-ring (bicyclic) bond motifs is 2.